The molecule has 1 aromatic rings. The van der Waals surface area contributed by atoms with Crippen molar-refractivity contribution < 1.29 is 0 Å². The maximum atomic E-state index is 6.13. The summed E-state index contributed by atoms with van der Waals surface area (Å²) >= 11 is 6.13. The number of rotatable bonds is 2. The molecule has 0 radical (unpaired) electrons. The van der Waals surface area contributed by atoms with Crippen molar-refractivity contribution in [2.24, 2.45) is 0 Å². The van der Waals surface area contributed by atoms with Crippen molar-refractivity contribution in [1.29, 1.82) is 0 Å². The van der Waals surface area contributed by atoms with Gasteiger partial charge in [-0.1, -0.05) is 29.8 Å². The summed E-state index contributed by atoms with van der Waals surface area (Å²) in [6.45, 7) is 0.900. The molecule has 0 amide bonds. The van der Waals surface area contributed by atoms with Gasteiger partial charge in [0.15, 0.2) is 0 Å². The molecule has 2 heteroatoms. The standard InChI is InChI=1S/C11H12ClN/c1-13-7-9-6-5-8-3-2-4-10(12)11(8)9/h2-4,6,13H,5,7H2,1H3. The van der Waals surface area contributed by atoms with Crippen molar-refractivity contribution in [3.05, 3.63) is 40.4 Å². The number of allylic oxidation sites excluding steroid dienone is 1. The molecule has 0 bridgehead atoms. The van der Waals surface area contributed by atoms with Crippen LogP contribution < -0.4 is 5.32 Å². The Kier molecular flexibility index (Phi) is 2.38. The number of likely N-dealkylation sites (N-methyl/N-ethyl adjacent to an activating group) is 1. The Morgan fingerprint density at radius 3 is 3.08 bits per heavy atom. The van der Waals surface area contributed by atoms with Crippen LogP contribution in [0.3, 0.4) is 0 Å². The molecule has 1 aliphatic carbocycles. The molecule has 1 aromatic carbocycles. The molecule has 0 saturated heterocycles. The van der Waals surface area contributed by atoms with Gasteiger partial charge in [-0.05, 0) is 30.7 Å². The number of benzene rings is 1. The van der Waals surface area contributed by atoms with Crippen LogP contribution in [0.25, 0.3) is 5.57 Å². The van der Waals surface area contributed by atoms with E-state index in [0.717, 1.165) is 18.0 Å². The molecule has 1 aliphatic rings. The van der Waals surface area contributed by atoms with Gasteiger partial charge in [0.05, 0.1) is 0 Å². The Morgan fingerprint density at radius 2 is 2.31 bits per heavy atom. The van der Waals surface area contributed by atoms with E-state index in [4.69, 9.17) is 11.6 Å². The van der Waals surface area contributed by atoms with Crippen LogP contribution in [-0.4, -0.2) is 13.6 Å². The summed E-state index contributed by atoms with van der Waals surface area (Å²) in [7, 11) is 1.95. The molecule has 1 nitrogen and oxygen atoms in total. The fraction of sp³-hybridized carbons (Fsp3) is 0.273. The molecule has 2 rings (SSSR count). The maximum absolute atomic E-state index is 6.13. The van der Waals surface area contributed by atoms with Crippen molar-refractivity contribution in [2.75, 3.05) is 13.6 Å². The fourth-order valence-corrected chi connectivity index (χ4v) is 2.10. The zero-order valence-corrected chi connectivity index (χ0v) is 8.36. The van der Waals surface area contributed by atoms with Gasteiger partial charge in [0.2, 0.25) is 0 Å². The summed E-state index contributed by atoms with van der Waals surface area (Å²) in [6, 6.07) is 6.10. The lowest BCUT2D eigenvalue weighted by Gasteiger charge is -2.06. The summed E-state index contributed by atoms with van der Waals surface area (Å²) in [6.07, 6.45) is 3.26. The lowest BCUT2D eigenvalue weighted by molar-refractivity contribution is 0.932. The molecule has 0 spiro atoms. The zero-order chi connectivity index (χ0) is 9.26. The predicted octanol–water partition coefficient (Wildman–Crippen LogP) is 2.50. The quantitative estimate of drug-likeness (QED) is 0.761. The van der Waals surface area contributed by atoms with E-state index in [-0.39, 0.29) is 0 Å². The Hall–Kier alpha value is -0.790. The Morgan fingerprint density at radius 1 is 1.46 bits per heavy atom. The smallest absolute Gasteiger partial charge is 0.0484 e. The first-order chi connectivity index (χ1) is 6.33. The average molecular weight is 194 g/mol. The fourth-order valence-electron chi connectivity index (χ4n) is 1.78. The summed E-state index contributed by atoms with van der Waals surface area (Å²) in [5, 5.41) is 4.02. The van der Waals surface area contributed by atoms with Crippen molar-refractivity contribution in [1.82, 2.24) is 5.32 Å². The minimum atomic E-state index is 0.872. The molecule has 0 atom stereocenters. The molecule has 0 heterocycles. The normalized spacial score (nSPS) is 14.2. The Balaban J connectivity index is 2.42. The molecule has 0 saturated carbocycles. The van der Waals surface area contributed by atoms with Crippen LogP contribution in [0.15, 0.2) is 24.3 Å². The molecular formula is C11H12ClN. The minimum Gasteiger partial charge on any atom is -0.316 e. The van der Waals surface area contributed by atoms with Gasteiger partial charge in [0, 0.05) is 17.1 Å². The van der Waals surface area contributed by atoms with Gasteiger partial charge in [0.1, 0.15) is 0 Å². The van der Waals surface area contributed by atoms with Gasteiger partial charge in [-0.15, -0.1) is 0 Å². The zero-order valence-electron chi connectivity index (χ0n) is 7.60. The van der Waals surface area contributed by atoms with E-state index < -0.39 is 0 Å². The van der Waals surface area contributed by atoms with E-state index in [1.54, 1.807) is 0 Å². The molecule has 0 fully saturated rings. The summed E-state index contributed by atoms with van der Waals surface area (Å²) < 4.78 is 0. The SMILES string of the molecule is CNCC1=CCc2cccc(Cl)c21. The van der Waals surface area contributed by atoms with Crippen LogP contribution in [-0.2, 0) is 6.42 Å². The van der Waals surface area contributed by atoms with Gasteiger partial charge in [0.25, 0.3) is 0 Å². The molecule has 0 unspecified atom stereocenters. The average Bonchev–Trinajstić information content (AvgIpc) is 2.51. The molecule has 0 aliphatic heterocycles. The van der Waals surface area contributed by atoms with Crippen molar-refractivity contribution in [3.63, 3.8) is 0 Å². The Bertz CT molecular complexity index is 355. The Labute approximate surface area is 83.4 Å². The first kappa shape index (κ1) is 8.79. The van der Waals surface area contributed by atoms with Gasteiger partial charge in [-0.25, -0.2) is 0 Å². The second-order valence-electron chi connectivity index (χ2n) is 3.24. The van der Waals surface area contributed by atoms with Crippen LogP contribution in [0.4, 0.5) is 0 Å². The van der Waals surface area contributed by atoms with E-state index in [1.807, 2.05) is 19.2 Å². The molecular weight excluding hydrogens is 182 g/mol. The van der Waals surface area contributed by atoms with E-state index in [0.29, 0.717) is 0 Å². The third-order valence-corrected chi connectivity index (χ3v) is 2.67. The maximum Gasteiger partial charge on any atom is 0.0484 e. The summed E-state index contributed by atoms with van der Waals surface area (Å²) in [5.74, 6) is 0. The van der Waals surface area contributed by atoms with E-state index >= 15 is 0 Å². The van der Waals surface area contributed by atoms with Crippen LogP contribution in [0, 0.1) is 0 Å². The van der Waals surface area contributed by atoms with E-state index in [2.05, 4.69) is 17.5 Å². The highest BCUT2D eigenvalue weighted by atomic mass is 35.5. The van der Waals surface area contributed by atoms with Crippen LogP contribution in [0.1, 0.15) is 11.1 Å². The number of halogens is 1. The van der Waals surface area contributed by atoms with Gasteiger partial charge < -0.3 is 5.32 Å². The monoisotopic (exact) mass is 193 g/mol. The first-order valence-corrected chi connectivity index (χ1v) is 4.82. The number of hydrogen-bond donors (Lipinski definition) is 1. The molecule has 0 aromatic heterocycles. The lowest BCUT2D eigenvalue weighted by Crippen LogP contribution is -2.09. The predicted molar refractivity (Wildman–Crippen MR) is 57.1 cm³/mol. The van der Waals surface area contributed by atoms with Crippen molar-refractivity contribution in [3.8, 4) is 0 Å². The van der Waals surface area contributed by atoms with Gasteiger partial charge in [-0.3, -0.25) is 0 Å². The van der Waals surface area contributed by atoms with Crippen molar-refractivity contribution >= 4 is 17.2 Å². The first-order valence-electron chi connectivity index (χ1n) is 4.44. The molecule has 68 valence electrons. The highest BCUT2D eigenvalue weighted by Crippen LogP contribution is 2.32. The molecule has 1 N–H and O–H groups in total. The second kappa shape index (κ2) is 3.52. The van der Waals surface area contributed by atoms with Crippen LogP contribution >= 0.6 is 11.6 Å². The summed E-state index contributed by atoms with van der Waals surface area (Å²) in [4.78, 5) is 0. The van der Waals surface area contributed by atoms with Crippen molar-refractivity contribution in [2.45, 2.75) is 6.42 Å². The highest BCUT2D eigenvalue weighted by Gasteiger charge is 2.15. The highest BCUT2D eigenvalue weighted by molar-refractivity contribution is 6.32. The van der Waals surface area contributed by atoms with E-state index in [9.17, 15) is 0 Å². The number of nitrogens with one attached hydrogen (secondary N) is 1. The van der Waals surface area contributed by atoms with Crippen LogP contribution in [0.5, 0.6) is 0 Å². The number of fused-ring (bicyclic) bond motifs is 1. The summed E-state index contributed by atoms with van der Waals surface area (Å²) in [5.41, 5.74) is 3.90. The minimum absolute atomic E-state index is 0.872. The van der Waals surface area contributed by atoms with E-state index in [1.165, 1.54) is 16.7 Å². The number of hydrogen-bond acceptors (Lipinski definition) is 1. The largest absolute Gasteiger partial charge is 0.316 e. The third kappa shape index (κ3) is 1.50. The van der Waals surface area contributed by atoms with Crippen LogP contribution in [0.2, 0.25) is 5.02 Å². The topological polar surface area (TPSA) is 12.0 Å². The lowest BCUT2D eigenvalue weighted by atomic mass is 10.1. The second-order valence-corrected chi connectivity index (χ2v) is 3.64. The molecule has 13 heavy (non-hydrogen) atoms. The third-order valence-electron chi connectivity index (χ3n) is 2.36. The van der Waals surface area contributed by atoms with Gasteiger partial charge >= 0.3 is 0 Å². The van der Waals surface area contributed by atoms with Gasteiger partial charge in [-0.2, -0.15) is 0 Å².